The first-order valence-electron chi connectivity index (χ1n) is 10.8. The SMILES string of the molecule is C=CCc1cc(CCC(=O)OCC(C)C)ccc1C#CC1(O)CN2CCC1CC2. The highest BCUT2D eigenvalue weighted by Crippen LogP contribution is 2.35. The van der Waals surface area contributed by atoms with E-state index in [0.717, 1.165) is 42.6 Å². The van der Waals surface area contributed by atoms with E-state index < -0.39 is 5.60 Å². The van der Waals surface area contributed by atoms with E-state index in [4.69, 9.17) is 4.74 Å². The minimum Gasteiger partial charge on any atom is -0.465 e. The van der Waals surface area contributed by atoms with Crippen molar-refractivity contribution >= 4 is 5.97 Å². The lowest BCUT2D eigenvalue weighted by Gasteiger charge is -2.47. The van der Waals surface area contributed by atoms with Crippen LogP contribution in [0.1, 0.15) is 49.8 Å². The van der Waals surface area contributed by atoms with Crippen LogP contribution in [0.25, 0.3) is 0 Å². The van der Waals surface area contributed by atoms with Gasteiger partial charge in [0.05, 0.1) is 6.61 Å². The molecule has 3 fully saturated rings. The lowest BCUT2D eigenvalue weighted by Crippen LogP contribution is -2.58. The van der Waals surface area contributed by atoms with Gasteiger partial charge < -0.3 is 9.84 Å². The van der Waals surface area contributed by atoms with E-state index in [-0.39, 0.29) is 11.9 Å². The van der Waals surface area contributed by atoms with Crippen molar-refractivity contribution in [1.82, 2.24) is 4.90 Å². The standard InChI is InChI=1S/C25H33NO3/c1-4-5-22-16-20(7-9-24(27)29-17-19(2)3)6-8-21(22)10-13-25(28)18-26-14-11-23(25)12-15-26/h4,6,8,16,19,23,28H,1,5,7,9,11-12,14-15,17-18H2,2-3H3. The maximum atomic E-state index is 11.9. The molecule has 1 aromatic rings. The maximum absolute atomic E-state index is 11.9. The maximum Gasteiger partial charge on any atom is 0.306 e. The van der Waals surface area contributed by atoms with E-state index in [1.165, 1.54) is 0 Å². The summed E-state index contributed by atoms with van der Waals surface area (Å²) in [6.07, 6.45) is 5.65. The van der Waals surface area contributed by atoms with E-state index in [1.54, 1.807) is 0 Å². The van der Waals surface area contributed by atoms with E-state index >= 15 is 0 Å². The molecule has 0 saturated carbocycles. The number of piperidine rings is 3. The van der Waals surface area contributed by atoms with Gasteiger partial charge in [0.15, 0.2) is 0 Å². The normalized spacial score (nSPS) is 25.4. The van der Waals surface area contributed by atoms with Gasteiger partial charge in [0, 0.05) is 24.4 Å². The molecule has 3 heterocycles. The zero-order valence-electron chi connectivity index (χ0n) is 17.7. The molecule has 2 bridgehead atoms. The van der Waals surface area contributed by atoms with Gasteiger partial charge in [-0.15, -0.1) is 6.58 Å². The van der Waals surface area contributed by atoms with Crippen LogP contribution in [0.2, 0.25) is 0 Å². The predicted molar refractivity (Wildman–Crippen MR) is 115 cm³/mol. The average molecular weight is 396 g/mol. The second kappa shape index (κ2) is 9.61. The summed E-state index contributed by atoms with van der Waals surface area (Å²) in [5.74, 6) is 6.92. The number of esters is 1. The van der Waals surface area contributed by atoms with Crippen molar-refractivity contribution in [3.8, 4) is 11.8 Å². The third-order valence-electron chi connectivity index (χ3n) is 5.87. The number of benzene rings is 1. The highest BCUT2D eigenvalue weighted by atomic mass is 16.5. The Kier molecular flexibility index (Phi) is 7.16. The van der Waals surface area contributed by atoms with Crippen LogP contribution < -0.4 is 0 Å². The number of aliphatic hydroxyl groups is 1. The van der Waals surface area contributed by atoms with Crippen LogP contribution >= 0.6 is 0 Å². The summed E-state index contributed by atoms with van der Waals surface area (Å²) in [5.41, 5.74) is 2.21. The first-order valence-corrected chi connectivity index (χ1v) is 10.8. The number of ether oxygens (including phenoxy) is 1. The highest BCUT2D eigenvalue weighted by molar-refractivity contribution is 5.69. The first kappa shape index (κ1) is 21.6. The van der Waals surface area contributed by atoms with Crippen LogP contribution in [0.3, 0.4) is 0 Å². The molecule has 3 aliphatic rings. The van der Waals surface area contributed by atoms with Crippen molar-refractivity contribution in [3.05, 3.63) is 47.5 Å². The van der Waals surface area contributed by atoms with Gasteiger partial charge in [-0.25, -0.2) is 0 Å². The third-order valence-corrected chi connectivity index (χ3v) is 5.87. The third kappa shape index (κ3) is 5.72. The molecule has 1 atom stereocenters. The Balaban J connectivity index is 1.69. The van der Waals surface area contributed by atoms with E-state index in [2.05, 4.69) is 29.4 Å². The lowest BCUT2D eigenvalue weighted by atomic mass is 9.75. The monoisotopic (exact) mass is 395 g/mol. The zero-order chi connectivity index (χ0) is 20.9. The summed E-state index contributed by atoms with van der Waals surface area (Å²) in [7, 11) is 0. The number of carbonyl (C=O) groups excluding carboxylic acids is 1. The number of carbonyl (C=O) groups is 1. The number of fused-ring (bicyclic) bond motifs is 3. The van der Waals surface area contributed by atoms with Crippen LogP contribution in [0.5, 0.6) is 0 Å². The van der Waals surface area contributed by atoms with Crippen molar-refractivity contribution in [3.63, 3.8) is 0 Å². The average Bonchev–Trinajstić information content (AvgIpc) is 2.71. The summed E-state index contributed by atoms with van der Waals surface area (Å²) in [5, 5.41) is 11.0. The topological polar surface area (TPSA) is 49.8 Å². The smallest absolute Gasteiger partial charge is 0.306 e. The number of hydrogen-bond acceptors (Lipinski definition) is 4. The quantitative estimate of drug-likeness (QED) is 0.437. The van der Waals surface area contributed by atoms with E-state index in [1.807, 2.05) is 32.1 Å². The highest BCUT2D eigenvalue weighted by Gasteiger charge is 2.44. The molecule has 4 nitrogen and oxygen atoms in total. The van der Waals surface area contributed by atoms with Gasteiger partial charge in [-0.1, -0.05) is 43.9 Å². The summed E-state index contributed by atoms with van der Waals surface area (Å²) in [6, 6.07) is 6.13. The minimum atomic E-state index is -0.902. The van der Waals surface area contributed by atoms with Crippen molar-refractivity contribution < 1.29 is 14.6 Å². The molecule has 0 aliphatic carbocycles. The molecule has 0 radical (unpaired) electrons. The van der Waals surface area contributed by atoms with Crippen LogP contribution in [0, 0.1) is 23.7 Å². The number of hydrogen-bond donors (Lipinski definition) is 1. The molecule has 3 saturated heterocycles. The Bertz CT molecular complexity index is 796. The van der Waals surface area contributed by atoms with Crippen molar-refractivity contribution in [2.75, 3.05) is 26.2 Å². The number of aryl methyl sites for hydroxylation is 1. The molecule has 0 amide bonds. The summed E-state index contributed by atoms with van der Waals surface area (Å²) in [6.45, 7) is 11.2. The Morgan fingerprint density at radius 2 is 2.17 bits per heavy atom. The van der Waals surface area contributed by atoms with Crippen LogP contribution in [-0.4, -0.2) is 47.8 Å². The molecule has 3 aliphatic heterocycles. The largest absolute Gasteiger partial charge is 0.465 e. The van der Waals surface area contributed by atoms with Gasteiger partial charge in [-0.3, -0.25) is 9.69 Å². The molecule has 1 N–H and O–H groups in total. The second-order valence-electron chi connectivity index (χ2n) is 8.79. The Labute approximate surface area is 174 Å². The molecular weight excluding hydrogens is 362 g/mol. The van der Waals surface area contributed by atoms with Gasteiger partial charge in [0.25, 0.3) is 0 Å². The van der Waals surface area contributed by atoms with Crippen molar-refractivity contribution in [1.29, 1.82) is 0 Å². The van der Waals surface area contributed by atoms with Crippen molar-refractivity contribution in [2.45, 2.75) is 51.6 Å². The molecule has 29 heavy (non-hydrogen) atoms. The summed E-state index contributed by atoms with van der Waals surface area (Å²) in [4.78, 5) is 14.2. The Morgan fingerprint density at radius 3 is 2.79 bits per heavy atom. The van der Waals surface area contributed by atoms with Gasteiger partial charge >= 0.3 is 5.97 Å². The molecule has 4 rings (SSSR count). The fourth-order valence-electron chi connectivity index (χ4n) is 4.18. The Hall–Kier alpha value is -2.09. The molecule has 0 aromatic heterocycles. The molecule has 1 aromatic carbocycles. The van der Waals surface area contributed by atoms with Gasteiger partial charge in [-0.05, 0) is 61.9 Å². The first-order chi connectivity index (χ1) is 13.9. The second-order valence-corrected chi connectivity index (χ2v) is 8.79. The van der Waals surface area contributed by atoms with Crippen molar-refractivity contribution in [2.24, 2.45) is 11.8 Å². The molecular formula is C25H33NO3. The zero-order valence-corrected chi connectivity index (χ0v) is 17.7. The van der Waals surface area contributed by atoms with Crippen LogP contribution in [0.15, 0.2) is 30.9 Å². The summed E-state index contributed by atoms with van der Waals surface area (Å²) < 4.78 is 5.26. The number of allylic oxidation sites excluding steroid dienone is 1. The Morgan fingerprint density at radius 1 is 1.41 bits per heavy atom. The molecule has 1 unspecified atom stereocenters. The van der Waals surface area contributed by atoms with Gasteiger partial charge in [0.1, 0.15) is 5.60 Å². The van der Waals surface area contributed by atoms with E-state index in [9.17, 15) is 9.90 Å². The van der Waals surface area contributed by atoms with Gasteiger partial charge in [-0.2, -0.15) is 0 Å². The predicted octanol–water partition coefficient (Wildman–Crippen LogP) is 3.36. The molecule has 156 valence electrons. The van der Waals surface area contributed by atoms with E-state index in [0.29, 0.717) is 38.3 Å². The van der Waals surface area contributed by atoms with Crippen LogP contribution in [0.4, 0.5) is 0 Å². The minimum absolute atomic E-state index is 0.155. The molecule has 0 spiro atoms. The number of nitrogens with zero attached hydrogens (tertiary/aromatic N) is 1. The fourth-order valence-corrected chi connectivity index (χ4v) is 4.18. The van der Waals surface area contributed by atoms with Gasteiger partial charge in [0.2, 0.25) is 0 Å². The number of rotatable bonds is 7. The molecule has 4 heteroatoms. The lowest BCUT2D eigenvalue weighted by molar-refractivity contribution is -0.144. The fraction of sp³-hybridized carbons (Fsp3) is 0.560. The summed E-state index contributed by atoms with van der Waals surface area (Å²) >= 11 is 0. The van der Waals surface area contributed by atoms with Crippen LogP contribution in [-0.2, 0) is 22.4 Å².